The number of fused-ring (bicyclic) bond motifs is 2. The van der Waals surface area contributed by atoms with Crippen molar-refractivity contribution in [1.82, 2.24) is 15.5 Å². The number of aromatic amines is 1. The molecular weight excluding hydrogens is 406 g/mol. The van der Waals surface area contributed by atoms with Gasteiger partial charge in [0, 0.05) is 34.6 Å². The zero-order valence-corrected chi connectivity index (χ0v) is 16.9. The zero-order valence-electron chi connectivity index (χ0n) is 16.9. The molecule has 2 heterocycles. The first-order valence-electron chi connectivity index (χ1n) is 10.1. The summed E-state index contributed by atoms with van der Waals surface area (Å²) in [6.07, 6.45) is 1.94. The van der Waals surface area contributed by atoms with Gasteiger partial charge in [0.25, 0.3) is 5.91 Å². The molecule has 1 amide bonds. The van der Waals surface area contributed by atoms with Gasteiger partial charge in [-0.3, -0.25) is 4.79 Å². The monoisotopic (exact) mass is 425 g/mol. The van der Waals surface area contributed by atoms with E-state index in [4.69, 9.17) is 4.52 Å². The van der Waals surface area contributed by atoms with Crippen molar-refractivity contribution in [2.75, 3.05) is 0 Å². The molecule has 3 aromatic carbocycles. The lowest BCUT2D eigenvalue weighted by atomic mass is 10.0. The number of H-pyrrole nitrogens is 1. The molecule has 0 aliphatic heterocycles. The average molecular weight is 425 g/mol. The van der Waals surface area contributed by atoms with E-state index in [9.17, 15) is 14.7 Å². The molecule has 7 heteroatoms. The number of hydrogen-bond acceptors (Lipinski definition) is 4. The lowest BCUT2D eigenvalue weighted by Crippen LogP contribution is -2.42. The summed E-state index contributed by atoms with van der Waals surface area (Å²) in [7, 11) is 0. The summed E-state index contributed by atoms with van der Waals surface area (Å²) < 4.78 is 5.49. The summed E-state index contributed by atoms with van der Waals surface area (Å²) in [6.45, 7) is 0. The van der Waals surface area contributed by atoms with E-state index in [1.807, 2.05) is 54.6 Å². The molecule has 0 saturated carbocycles. The Morgan fingerprint density at radius 2 is 1.78 bits per heavy atom. The van der Waals surface area contributed by atoms with Gasteiger partial charge in [-0.1, -0.05) is 53.7 Å². The number of carbonyl (C=O) groups excluding carboxylic acids is 1. The van der Waals surface area contributed by atoms with Gasteiger partial charge in [-0.05, 0) is 29.8 Å². The van der Waals surface area contributed by atoms with Crippen LogP contribution < -0.4 is 5.32 Å². The van der Waals surface area contributed by atoms with E-state index >= 15 is 0 Å². The maximum absolute atomic E-state index is 12.9. The number of aromatic nitrogens is 2. The topological polar surface area (TPSA) is 108 Å². The van der Waals surface area contributed by atoms with Crippen LogP contribution in [0.15, 0.2) is 83.5 Å². The normalized spacial score (nSPS) is 12.1. The van der Waals surface area contributed by atoms with Crippen LogP contribution in [0.5, 0.6) is 0 Å². The lowest BCUT2D eigenvalue weighted by molar-refractivity contribution is -0.139. The van der Waals surface area contributed by atoms with Crippen molar-refractivity contribution in [3.05, 3.63) is 90.1 Å². The summed E-state index contributed by atoms with van der Waals surface area (Å²) in [5.74, 6) is -1.01. The van der Waals surface area contributed by atoms with E-state index in [-0.39, 0.29) is 6.42 Å². The molecule has 0 aliphatic carbocycles. The Bertz CT molecular complexity index is 1440. The van der Waals surface area contributed by atoms with Gasteiger partial charge in [-0.25, -0.2) is 4.79 Å². The standard InChI is InChI=1S/C25H19N3O4/c29-24(27-22(25(30)31)13-17-14-26-20-9-5-4-8-18(17)20)16-10-11-21-19(12-16)23(32-28-21)15-6-2-1-3-7-15/h1-12,14,22,26H,13H2,(H,27,29)(H,30,31)/t22-/m1/s1. The fraction of sp³-hybridized carbons (Fsp3) is 0.0800. The van der Waals surface area contributed by atoms with Gasteiger partial charge in [-0.15, -0.1) is 0 Å². The molecule has 2 aromatic heterocycles. The van der Waals surface area contributed by atoms with E-state index in [1.165, 1.54) is 0 Å². The Hall–Kier alpha value is -4.39. The minimum atomic E-state index is -1.10. The van der Waals surface area contributed by atoms with Crippen LogP contribution in [0.4, 0.5) is 0 Å². The molecular formula is C25H19N3O4. The van der Waals surface area contributed by atoms with Gasteiger partial charge in [-0.2, -0.15) is 0 Å². The van der Waals surface area contributed by atoms with Crippen LogP contribution in [0.1, 0.15) is 15.9 Å². The first kappa shape index (κ1) is 19.6. The first-order valence-corrected chi connectivity index (χ1v) is 10.1. The summed E-state index contributed by atoms with van der Waals surface area (Å²) in [6, 6.07) is 21.0. The Labute approximate surface area is 182 Å². The fourth-order valence-corrected chi connectivity index (χ4v) is 3.84. The van der Waals surface area contributed by atoms with Crippen molar-refractivity contribution in [1.29, 1.82) is 0 Å². The van der Waals surface area contributed by atoms with Crippen molar-refractivity contribution in [3.8, 4) is 11.3 Å². The largest absolute Gasteiger partial charge is 0.480 e. The van der Waals surface area contributed by atoms with Gasteiger partial charge in [0.15, 0.2) is 5.76 Å². The van der Waals surface area contributed by atoms with Gasteiger partial charge in [0.2, 0.25) is 0 Å². The molecule has 5 rings (SSSR count). The molecule has 5 aromatic rings. The Kier molecular flexibility index (Phi) is 4.91. The number of hydrogen-bond donors (Lipinski definition) is 3. The third-order valence-electron chi connectivity index (χ3n) is 5.48. The molecule has 7 nitrogen and oxygen atoms in total. The number of carbonyl (C=O) groups is 2. The van der Waals surface area contributed by atoms with Crippen molar-refractivity contribution < 1.29 is 19.2 Å². The van der Waals surface area contributed by atoms with Crippen molar-refractivity contribution in [2.24, 2.45) is 0 Å². The van der Waals surface area contributed by atoms with E-state index in [1.54, 1.807) is 24.4 Å². The van der Waals surface area contributed by atoms with Crippen LogP contribution in [0.3, 0.4) is 0 Å². The highest BCUT2D eigenvalue weighted by Crippen LogP contribution is 2.29. The highest BCUT2D eigenvalue weighted by molar-refractivity contribution is 6.02. The zero-order chi connectivity index (χ0) is 22.1. The smallest absolute Gasteiger partial charge is 0.326 e. The highest BCUT2D eigenvalue weighted by Gasteiger charge is 2.23. The number of amides is 1. The third kappa shape index (κ3) is 3.60. The van der Waals surface area contributed by atoms with Crippen LogP contribution in [-0.4, -0.2) is 33.2 Å². The second kappa shape index (κ2) is 8.03. The molecule has 0 radical (unpaired) electrons. The first-order chi connectivity index (χ1) is 15.6. The SMILES string of the molecule is O=C(N[C@H](Cc1c[nH]c2ccccc12)C(=O)O)c1ccc2noc(-c3ccccc3)c2c1. The number of aliphatic carboxylic acids is 1. The maximum atomic E-state index is 12.9. The molecule has 0 saturated heterocycles. The molecule has 1 atom stereocenters. The van der Waals surface area contributed by atoms with Crippen molar-refractivity contribution in [2.45, 2.75) is 12.5 Å². The van der Waals surface area contributed by atoms with Gasteiger partial charge in [0.05, 0.1) is 5.39 Å². The molecule has 0 aliphatic rings. The summed E-state index contributed by atoms with van der Waals surface area (Å²) >= 11 is 0. The van der Waals surface area contributed by atoms with E-state index in [2.05, 4.69) is 15.5 Å². The molecule has 0 bridgehead atoms. The Balaban J connectivity index is 1.42. The third-order valence-corrected chi connectivity index (χ3v) is 5.48. The number of carboxylic acids is 1. The van der Waals surface area contributed by atoms with E-state index in [0.29, 0.717) is 22.2 Å². The molecule has 158 valence electrons. The second-order valence-corrected chi connectivity index (χ2v) is 7.54. The maximum Gasteiger partial charge on any atom is 0.326 e. The lowest BCUT2D eigenvalue weighted by Gasteiger charge is -2.14. The van der Waals surface area contributed by atoms with Crippen LogP contribution in [0.2, 0.25) is 0 Å². The molecule has 0 unspecified atom stereocenters. The van der Waals surface area contributed by atoms with E-state index in [0.717, 1.165) is 22.0 Å². The number of nitrogens with one attached hydrogen (secondary N) is 2. The Morgan fingerprint density at radius 1 is 1.00 bits per heavy atom. The predicted molar refractivity (Wildman–Crippen MR) is 120 cm³/mol. The van der Waals surface area contributed by atoms with Crippen molar-refractivity contribution >= 4 is 33.7 Å². The summed E-state index contributed by atoms with van der Waals surface area (Å²) in [4.78, 5) is 28.0. The van der Waals surface area contributed by atoms with Crippen LogP contribution in [-0.2, 0) is 11.2 Å². The van der Waals surface area contributed by atoms with Gasteiger partial charge in [0.1, 0.15) is 11.6 Å². The summed E-state index contributed by atoms with van der Waals surface area (Å²) in [5, 5.41) is 18.1. The van der Waals surface area contributed by atoms with E-state index < -0.39 is 17.9 Å². The van der Waals surface area contributed by atoms with Crippen LogP contribution in [0.25, 0.3) is 33.1 Å². The van der Waals surface area contributed by atoms with Gasteiger partial charge >= 0.3 is 5.97 Å². The number of para-hydroxylation sites is 1. The fourth-order valence-electron chi connectivity index (χ4n) is 3.84. The van der Waals surface area contributed by atoms with Crippen molar-refractivity contribution in [3.63, 3.8) is 0 Å². The number of carboxylic acid groups (broad SMARTS) is 1. The molecule has 32 heavy (non-hydrogen) atoms. The number of nitrogens with zero attached hydrogens (tertiary/aromatic N) is 1. The van der Waals surface area contributed by atoms with Crippen LogP contribution >= 0.6 is 0 Å². The minimum absolute atomic E-state index is 0.163. The summed E-state index contributed by atoms with van der Waals surface area (Å²) in [5.41, 5.74) is 3.55. The second-order valence-electron chi connectivity index (χ2n) is 7.54. The quantitative estimate of drug-likeness (QED) is 0.374. The van der Waals surface area contributed by atoms with Gasteiger partial charge < -0.3 is 19.9 Å². The Morgan fingerprint density at radius 3 is 2.59 bits per heavy atom. The number of benzene rings is 3. The van der Waals surface area contributed by atoms with Crippen LogP contribution in [0, 0.1) is 0 Å². The highest BCUT2D eigenvalue weighted by atomic mass is 16.5. The molecule has 3 N–H and O–H groups in total. The predicted octanol–water partition coefficient (Wildman–Crippen LogP) is 4.40. The molecule has 0 spiro atoms. The average Bonchev–Trinajstić information content (AvgIpc) is 3.43. The molecule has 0 fully saturated rings. The minimum Gasteiger partial charge on any atom is -0.480 e. The number of rotatable bonds is 6.